The van der Waals surface area contributed by atoms with E-state index in [9.17, 15) is 5.11 Å². The first kappa shape index (κ1) is 15.8. The molecule has 0 rings (SSSR count). The maximum absolute atomic E-state index is 9.46. The molecule has 1 atom stereocenters. The van der Waals surface area contributed by atoms with E-state index in [1.54, 1.807) is 0 Å². The second-order valence-corrected chi connectivity index (χ2v) is 3.98. The second-order valence-electron chi connectivity index (χ2n) is 3.98. The van der Waals surface area contributed by atoms with Crippen LogP contribution in [0, 0.1) is 5.92 Å². The fourth-order valence-corrected chi connectivity index (χ4v) is 0.921. The Labute approximate surface area is 98.0 Å². The molecule has 16 heavy (non-hydrogen) atoms. The van der Waals surface area contributed by atoms with E-state index in [4.69, 9.17) is 14.3 Å². The molecule has 0 amide bonds. The van der Waals surface area contributed by atoms with E-state index in [0.717, 1.165) is 0 Å². The van der Waals surface area contributed by atoms with Gasteiger partial charge in [-0.05, 0) is 12.8 Å². The van der Waals surface area contributed by atoms with Gasteiger partial charge in [0.2, 0.25) is 0 Å². The minimum atomic E-state index is -0.547. The van der Waals surface area contributed by atoms with Gasteiger partial charge in [-0.2, -0.15) is 5.48 Å². The molecule has 0 bridgehead atoms. The lowest BCUT2D eigenvalue weighted by Crippen LogP contribution is -2.31. The van der Waals surface area contributed by atoms with E-state index in [1.807, 2.05) is 6.92 Å². The van der Waals surface area contributed by atoms with E-state index in [-0.39, 0.29) is 0 Å². The molecular weight excluding hydrogens is 210 g/mol. The van der Waals surface area contributed by atoms with E-state index >= 15 is 0 Å². The first-order valence-electron chi connectivity index (χ1n) is 5.85. The van der Waals surface area contributed by atoms with Crippen LogP contribution in [0.2, 0.25) is 0 Å². The van der Waals surface area contributed by atoms with Crippen molar-refractivity contribution >= 4 is 0 Å². The summed E-state index contributed by atoms with van der Waals surface area (Å²) >= 11 is 0. The molecule has 0 aromatic carbocycles. The summed E-state index contributed by atoms with van der Waals surface area (Å²) in [6.45, 7) is 9.15. The predicted molar refractivity (Wildman–Crippen MR) is 62.1 cm³/mol. The minimum absolute atomic E-state index is 0.297. The smallest absolute Gasteiger partial charge is 0.0920 e. The number of rotatable bonds is 11. The van der Waals surface area contributed by atoms with Gasteiger partial charge in [-0.3, -0.25) is 0 Å². The van der Waals surface area contributed by atoms with Gasteiger partial charge in [0.15, 0.2) is 0 Å². The van der Waals surface area contributed by atoms with Gasteiger partial charge in [-0.1, -0.05) is 13.8 Å². The third kappa shape index (κ3) is 11.9. The molecule has 0 aliphatic rings. The highest BCUT2D eigenvalue weighted by Crippen LogP contribution is 1.90. The van der Waals surface area contributed by atoms with E-state index in [1.165, 1.54) is 0 Å². The van der Waals surface area contributed by atoms with Crippen molar-refractivity contribution in [2.45, 2.75) is 26.9 Å². The Morgan fingerprint density at radius 1 is 1.12 bits per heavy atom. The van der Waals surface area contributed by atoms with Gasteiger partial charge in [0.25, 0.3) is 0 Å². The molecule has 0 aliphatic carbocycles. The fraction of sp³-hybridized carbons (Fsp3) is 1.00. The normalized spacial score (nSPS) is 13.3. The first-order valence-corrected chi connectivity index (χ1v) is 5.85. The van der Waals surface area contributed by atoms with Crippen LogP contribution in [-0.2, 0) is 14.3 Å². The Morgan fingerprint density at radius 3 is 2.44 bits per heavy atom. The third-order valence-corrected chi connectivity index (χ3v) is 1.72. The number of aliphatic hydroxyl groups excluding tert-OH is 1. The van der Waals surface area contributed by atoms with Crippen molar-refractivity contribution in [3.8, 4) is 0 Å². The third-order valence-electron chi connectivity index (χ3n) is 1.72. The highest BCUT2D eigenvalue weighted by atomic mass is 16.6. The quantitative estimate of drug-likeness (QED) is 0.405. The second kappa shape index (κ2) is 11.3. The summed E-state index contributed by atoms with van der Waals surface area (Å²) in [5.41, 5.74) is 2.71. The van der Waals surface area contributed by atoms with Crippen molar-refractivity contribution < 1.29 is 19.4 Å². The van der Waals surface area contributed by atoms with E-state index in [0.29, 0.717) is 45.5 Å². The molecule has 98 valence electrons. The van der Waals surface area contributed by atoms with Crippen LogP contribution in [0.3, 0.4) is 0 Å². The zero-order chi connectivity index (χ0) is 12.2. The molecule has 0 spiro atoms. The molecule has 2 N–H and O–H groups in total. The van der Waals surface area contributed by atoms with Crippen LogP contribution < -0.4 is 5.48 Å². The van der Waals surface area contributed by atoms with Crippen LogP contribution in [0.1, 0.15) is 20.8 Å². The Balaban J connectivity index is 3.15. The summed E-state index contributed by atoms with van der Waals surface area (Å²) in [6.07, 6.45) is -0.547. The van der Waals surface area contributed by atoms with Crippen LogP contribution in [0.5, 0.6) is 0 Å². The van der Waals surface area contributed by atoms with Crippen molar-refractivity contribution in [1.29, 1.82) is 0 Å². The van der Waals surface area contributed by atoms with Crippen LogP contribution in [0.15, 0.2) is 0 Å². The van der Waals surface area contributed by atoms with Gasteiger partial charge in [-0.25, -0.2) is 0 Å². The number of ether oxygens (including phenoxy) is 2. The topological polar surface area (TPSA) is 60.0 Å². The first-order chi connectivity index (χ1) is 7.66. The molecule has 0 fully saturated rings. The summed E-state index contributed by atoms with van der Waals surface area (Å²) in [5, 5.41) is 9.46. The van der Waals surface area contributed by atoms with Crippen molar-refractivity contribution in [1.82, 2.24) is 5.48 Å². The molecule has 0 aliphatic heterocycles. The molecule has 5 heteroatoms. The SMILES string of the molecule is CCOCCOCC(O)CNOCC(C)C. The molecule has 0 saturated carbocycles. The van der Waals surface area contributed by atoms with Gasteiger partial charge in [0.05, 0.1) is 32.5 Å². The number of aliphatic hydroxyl groups is 1. The molecule has 0 saturated heterocycles. The number of hydroxylamine groups is 1. The van der Waals surface area contributed by atoms with E-state index < -0.39 is 6.10 Å². The average molecular weight is 235 g/mol. The molecular formula is C11H25NO4. The van der Waals surface area contributed by atoms with Crippen LogP contribution >= 0.6 is 0 Å². The summed E-state index contributed by atoms with van der Waals surface area (Å²) in [6, 6.07) is 0. The van der Waals surface area contributed by atoms with Crippen molar-refractivity contribution in [2.24, 2.45) is 5.92 Å². The highest BCUT2D eigenvalue weighted by molar-refractivity contribution is 4.53. The molecule has 0 aromatic heterocycles. The summed E-state index contributed by atoms with van der Waals surface area (Å²) in [7, 11) is 0. The molecule has 5 nitrogen and oxygen atoms in total. The molecule has 0 aromatic rings. The fourth-order valence-electron chi connectivity index (χ4n) is 0.921. The van der Waals surface area contributed by atoms with Crippen molar-refractivity contribution in [2.75, 3.05) is 39.6 Å². The summed E-state index contributed by atoms with van der Waals surface area (Å²) < 4.78 is 10.3. The van der Waals surface area contributed by atoms with Crippen LogP contribution in [0.25, 0.3) is 0 Å². The van der Waals surface area contributed by atoms with Crippen molar-refractivity contribution in [3.05, 3.63) is 0 Å². The summed E-state index contributed by atoms with van der Waals surface area (Å²) in [4.78, 5) is 5.12. The molecule has 0 radical (unpaired) electrons. The maximum atomic E-state index is 9.46. The molecule has 1 unspecified atom stereocenters. The van der Waals surface area contributed by atoms with Crippen LogP contribution in [0.4, 0.5) is 0 Å². The average Bonchev–Trinajstić information content (AvgIpc) is 2.24. The predicted octanol–water partition coefficient (Wildman–Crippen LogP) is 0.578. The zero-order valence-electron chi connectivity index (χ0n) is 10.6. The Morgan fingerprint density at radius 2 is 1.81 bits per heavy atom. The van der Waals surface area contributed by atoms with Crippen LogP contribution in [-0.4, -0.2) is 50.8 Å². The Hall–Kier alpha value is -0.200. The largest absolute Gasteiger partial charge is 0.389 e. The number of nitrogens with one attached hydrogen (secondary N) is 1. The lowest BCUT2D eigenvalue weighted by Gasteiger charge is -2.13. The maximum Gasteiger partial charge on any atom is 0.0920 e. The Kier molecular flexibility index (Phi) is 11.1. The number of hydrogen-bond donors (Lipinski definition) is 2. The van der Waals surface area contributed by atoms with Gasteiger partial charge in [0, 0.05) is 13.2 Å². The Bertz CT molecular complexity index is 144. The highest BCUT2D eigenvalue weighted by Gasteiger charge is 2.03. The van der Waals surface area contributed by atoms with Gasteiger partial charge in [0.1, 0.15) is 0 Å². The van der Waals surface area contributed by atoms with Gasteiger partial charge < -0.3 is 19.4 Å². The lowest BCUT2D eigenvalue weighted by molar-refractivity contribution is -0.0305. The monoisotopic (exact) mass is 235 g/mol. The van der Waals surface area contributed by atoms with Gasteiger partial charge >= 0.3 is 0 Å². The summed E-state index contributed by atoms with van der Waals surface area (Å²) in [5.74, 6) is 0.479. The molecule has 0 heterocycles. The zero-order valence-corrected chi connectivity index (χ0v) is 10.6. The minimum Gasteiger partial charge on any atom is -0.389 e. The number of hydrogen-bond acceptors (Lipinski definition) is 5. The lowest BCUT2D eigenvalue weighted by atomic mass is 10.2. The standard InChI is InChI=1S/C11H25NO4/c1-4-14-5-6-15-9-11(13)7-12-16-8-10(2)3/h10-13H,4-9H2,1-3H3. The van der Waals surface area contributed by atoms with Crippen molar-refractivity contribution in [3.63, 3.8) is 0 Å². The van der Waals surface area contributed by atoms with Gasteiger partial charge in [-0.15, -0.1) is 0 Å². The van der Waals surface area contributed by atoms with E-state index in [2.05, 4.69) is 19.3 Å².